The lowest BCUT2D eigenvalue weighted by Crippen LogP contribution is -2.40. The van der Waals surface area contributed by atoms with Gasteiger partial charge in [-0.25, -0.2) is 9.97 Å². The molecule has 0 aliphatic carbocycles. The number of para-hydroxylation sites is 1. The minimum absolute atomic E-state index is 0.431. The number of aromatic nitrogens is 2. The van der Waals surface area contributed by atoms with E-state index in [1.54, 1.807) is 6.92 Å². The highest BCUT2D eigenvalue weighted by Gasteiger charge is 2.10. The van der Waals surface area contributed by atoms with Crippen molar-refractivity contribution in [3.8, 4) is 0 Å². The third-order valence-electron chi connectivity index (χ3n) is 2.55. The van der Waals surface area contributed by atoms with Crippen molar-refractivity contribution >= 4 is 22.7 Å². The number of carbonyl (C=O) groups excluding carboxylic acids is 1. The summed E-state index contributed by atoms with van der Waals surface area (Å²) in [5, 5.41) is 14.5. The fourth-order valence-corrected chi connectivity index (χ4v) is 1.61. The van der Waals surface area contributed by atoms with Gasteiger partial charge in [-0.2, -0.15) is 0 Å². The number of fused-ring (bicyclic) bond motifs is 1. The van der Waals surface area contributed by atoms with Gasteiger partial charge in [0.2, 0.25) is 0 Å². The number of hydrogen-bond donors (Lipinski definition) is 1. The quantitative estimate of drug-likeness (QED) is 0.830. The number of carboxylic acid groups (broad SMARTS) is 1. The normalized spacial score (nSPS) is 12.3. The van der Waals surface area contributed by atoms with E-state index in [0.717, 1.165) is 10.9 Å². The summed E-state index contributed by atoms with van der Waals surface area (Å²) in [5.41, 5.74) is 0.776. The summed E-state index contributed by atoms with van der Waals surface area (Å²) in [5.74, 6) is -0.609. The zero-order valence-electron chi connectivity index (χ0n) is 9.38. The molecule has 1 atom stereocenters. The SMILES string of the molecule is CC[C@H](Nc1ncnc2ccccc12)C(=O)[O-]. The van der Waals surface area contributed by atoms with Crippen molar-refractivity contribution in [3.63, 3.8) is 0 Å². The van der Waals surface area contributed by atoms with Gasteiger partial charge in [0, 0.05) is 5.39 Å². The molecule has 5 heteroatoms. The topological polar surface area (TPSA) is 77.9 Å². The molecule has 0 saturated carbocycles. The van der Waals surface area contributed by atoms with Gasteiger partial charge in [0.1, 0.15) is 12.1 Å². The molecule has 2 rings (SSSR count). The molecule has 2 aromatic rings. The number of nitrogens with one attached hydrogen (secondary N) is 1. The zero-order valence-corrected chi connectivity index (χ0v) is 9.38. The van der Waals surface area contributed by atoms with E-state index in [9.17, 15) is 9.90 Å². The van der Waals surface area contributed by atoms with Crippen LogP contribution in [0.5, 0.6) is 0 Å². The molecule has 0 aliphatic rings. The van der Waals surface area contributed by atoms with E-state index in [4.69, 9.17) is 0 Å². The number of carboxylic acids is 1. The first-order valence-corrected chi connectivity index (χ1v) is 5.39. The predicted octanol–water partition coefficient (Wildman–Crippen LogP) is 0.570. The highest BCUT2D eigenvalue weighted by atomic mass is 16.4. The lowest BCUT2D eigenvalue weighted by molar-refractivity contribution is -0.306. The Hall–Kier alpha value is -2.17. The van der Waals surface area contributed by atoms with Gasteiger partial charge in [0.05, 0.1) is 17.5 Å². The molecule has 1 aromatic carbocycles. The molecule has 5 nitrogen and oxygen atoms in total. The number of rotatable bonds is 4. The van der Waals surface area contributed by atoms with Gasteiger partial charge < -0.3 is 15.2 Å². The predicted molar refractivity (Wildman–Crippen MR) is 62.2 cm³/mol. The maximum absolute atomic E-state index is 10.9. The molecule has 0 saturated heterocycles. The zero-order chi connectivity index (χ0) is 12.3. The number of benzene rings is 1. The molecule has 0 aliphatic heterocycles. The number of nitrogens with zero attached hydrogens (tertiary/aromatic N) is 2. The van der Waals surface area contributed by atoms with Crippen molar-refractivity contribution in [1.29, 1.82) is 0 Å². The van der Waals surface area contributed by atoms with E-state index in [1.807, 2.05) is 24.3 Å². The van der Waals surface area contributed by atoms with Crippen LogP contribution in [0, 0.1) is 0 Å². The molecular weight excluding hydrogens is 218 g/mol. The van der Waals surface area contributed by atoms with E-state index in [2.05, 4.69) is 15.3 Å². The molecule has 17 heavy (non-hydrogen) atoms. The van der Waals surface area contributed by atoms with Crippen LogP contribution < -0.4 is 10.4 Å². The van der Waals surface area contributed by atoms with Gasteiger partial charge in [-0.15, -0.1) is 0 Å². The summed E-state index contributed by atoms with van der Waals surface area (Å²) in [7, 11) is 0. The molecule has 1 aromatic heterocycles. The summed E-state index contributed by atoms with van der Waals surface area (Å²) in [6.45, 7) is 1.77. The van der Waals surface area contributed by atoms with Crippen molar-refractivity contribution in [2.75, 3.05) is 5.32 Å². The summed E-state index contributed by atoms with van der Waals surface area (Å²) < 4.78 is 0. The lowest BCUT2D eigenvalue weighted by atomic mass is 10.2. The Morgan fingerprint density at radius 1 is 1.41 bits per heavy atom. The minimum Gasteiger partial charge on any atom is -0.548 e. The minimum atomic E-state index is -1.13. The molecule has 0 radical (unpaired) electrons. The summed E-state index contributed by atoms with van der Waals surface area (Å²) >= 11 is 0. The largest absolute Gasteiger partial charge is 0.548 e. The highest BCUT2D eigenvalue weighted by molar-refractivity contribution is 5.90. The van der Waals surface area contributed by atoms with Gasteiger partial charge in [-0.05, 0) is 18.6 Å². The second-order valence-corrected chi connectivity index (χ2v) is 3.66. The van der Waals surface area contributed by atoms with Crippen LogP contribution in [0.3, 0.4) is 0 Å². The van der Waals surface area contributed by atoms with E-state index < -0.39 is 12.0 Å². The van der Waals surface area contributed by atoms with Gasteiger partial charge >= 0.3 is 0 Å². The van der Waals surface area contributed by atoms with E-state index >= 15 is 0 Å². The number of aliphatic carboxylic acids is 1. The van der Waals surface area contributed by atoms with Crippen molar-refractivity contribution in [2.45, 2.75) is 19.4 Å². The number of hydrogen-bond acceptors (Lipinski definition) is 5. The number of anilines is 1. The van der Waals surface area contributed by atoms with E-state index in [-0.39, 0.29) is 0 Å². The third kappa shape index (κ3) is 2.33. The standard InChI is InChI=1S/C12H13N3O2/c1-2-9(12(16)17)15-11-8-5-3-4-6-10(8)13-7-14-11/h3-7,9H,2H2,1H3,(H,16,17)(H,13,14,15)/p-1/t9-/m0/s1. The molecule has 1 heterocycles. The molecule has 1 N–H and O–H groups in total. The van der Waals surface area contributed by atoms with Crippen LogP contribution in [0.25, 0.3) is 10.9 Å². The van der Waals surface area contributed by atoms with E-state index in [0.29, 0.717) is 12.2 Å². The molecule has 0 unspecified atom stereocenters. The lowest BCUT2D eigenvalue weighted by Gasteiger charge is -2.19. The first-order valence-electron chi connectivity index (χ1n) is 5.39. The van der Waals surface area contributed by atoms with Gasteiger partial charge in [-0.1, -0.05) is 19.1 Å². The van der Waals surface area contributed by atoms with E-state index in [1.165, 1.54) is 6.33 Å². The molecule has 0 bridgehead atoms. The second kappa shape index (κ2) is 4.78. The molecule has 0 spiro atoms. The molecule has 0 fully saturated rings. The Morgan fingerprint density at radius 2 is 2.18 bits per heavy atom. The van der Waals surface area contributed by atoms with Gasteiger partial charge in [0.15, 0.2) is 0 Å². The molecule has 88 valence electrons. The smallest absolute Gasteiger partial charge is 0.137 e. The summed E-state index contributed by atoms with van der Waals surface area (Å²) in [4.78, 5) is 19.0. The average molecular weight is 230 g/mol. The maximum atomic E-state index is 10.9. The molecular formula is C12H12N3O2-. The highest BCUT2D eigenvalue weighted by Crippen LogP contribution is 2.19. The van der Waals surface area contributed by atoms with Crippen LogP contribution >= 0.6 is 0 Å². The first-order chi connectivity index (χ1) is 8.22. The van der Waals surface area contributed by atoms with Crippen LogP contribution in [0.4, 0.5) is 5.82 Å². The molecule has 0 amide bonds. The van der Waals surface area contributed by atoms with Gasteiger partial charge in [-0.3, -0.25) is 0 Å². The number of carbonyl (C=O) groups is 1. The van der Waals surface area contributed by atoms with Crippen LogP contribution in [0.2, 0.25) is 0 Å². The Balaban J connectivity index is 2.38. The monoisotopic (exact) mass is 230 g/mol. The van der Waals surface area contributed by atoms with Crippen LogP contribution in [-0.2, 0) is 4.79 Å². The maximum Gasteiger partial charge on any atom is 0.137 e. The average Bonchev–Trinajstić information content (AvgIpc) is 2.35. The third-order valence-corrected chi connectivity index (χ3v) is 2.55. The van der Waals surface area contributed by atoms with Crippen LogP contribution in [0.1, 0.15) is 13.3 Å². The Kier molecular flexibility index (Phi) is 3.18. The summed E-state index contributed by atoms with van der Waals surface area (Å²) in [6, 6.07) is 6.68. The van der Waals surface area contributed by atoms with Crippen LogP contribution in [0.15, 0.2) is 30.6 Å². The Morgan fingerprint density at radius 3 is 2.88 bits per heavy atom. The van der Waals surface area contributed by atoms with Crippen molar-refractivity contribution in [1.82, 2.24) is 9.97 Å². The van der Waals surface area contributed by atoms with Crippen molar-refractivity contribution in [2.24, 2.45) is 0 Å². The Labute approximate surface area is 98.5 Å². The van der Waals surface area contributed by atoms with Crippen molar-refractivity contribution < 1.29 is 9.90 Å². The Bertz CT molecular complexity index is 537. The fraction of sp³-hybridized carbons (Fsp3) is 0.250. The first kappa shape index (κ1) is 11.3. The second-order valence-electron chi connectivity index (χ2n) is 3.66. The fourth-order valence-electron chi connectivity index (χ4n) is 1.61. The van der Waals surface area contributed by atoms with Crippen LogP contribution in [-0.4, -0.2) is 22.0 Å². The summed E-state index contributed by atoms with van der Waals surface area (Å²) in [6.07, 6.45) is 1.84. The van der Waals surface area contributed by atoms with Gasteiger partial charge in [0.25, 0.3) is 0 Å². The van der Waals surface area contributed by atoms with Crippen molar-refractivity contribution in [3.05, 3.63) is 30.6 Å².